The molecule has 2 aromatic carbocycles. The van der Waals surface area contributed by atoms with Crippen molar-refractivity contribution in [3.8, 4) is 0 Å². The average molecular weight is 376 g/mol. The fourth-order valence-corrected chi connectivity index (χ4v) is 2.09. The average Bonchev–Trinajstić information content (AvgIpc) is 2.44. The van der Waals surface area contributed by atoms with Gasteiger partial charge in [0.25, 0.3) is 0 Å². The van der Waals surface area contributed by atoms with Crippen LogP contribution in [0.1, 0.15) is 0 Å². The van der Waals surface area contributed by atoms with Crippen molar-refractivity contribution >= 4 is 44.8 Å². The summed E-state index contributed by atoms with van der Waals surface area (Å²) in [5.74, 6) is -2.21. The van der Waals surface area contributed by atoms with Crippen molar-refractivity contribution in [3.63, 3.8) is 0 Å². The highest BCUT2D eigenvalue weighted by atomic mass is 79.9. The number of carbonyl (C=O) groups excluding carboxylic acids is 1. The smallest absolute Gasteiger partial charge is 0.243 e. The Hall–Kier alpha value is -1.66. The molecule has 0 aromatic heterocycles. The summed E-state index contributed by atoms with van der Waals surface area (Å²) in [6.45, 7) is -0.137. The van der Waals surface area contributed by atoms with Crippen LogP contribution in [0.15, 0.2) is 40.9 Å². The molecular weight excluding hydrogens is 366 g/mol. The maximum Gasteiger partial charge on any atom is 0.243 e. The predicted octanol–water partition coefficient (Wildman–Crippen LogP) is 4.43. The molecule has 2 rings (SSSR count). The maximum absolute atomic E-state index is 13.4. The number of hydrogen-bond acceptors (Lipinski definition) is 2. The molecule has 0 spiro atoms. The Morgan fingerprint density at radius 1 is 1.19 bits per heavy atom. The van der Waals surface area contributed by atoms with Gasteiger partial charge >= 0.3 is 0 Å². The lowest BCUT2D eigenvalue weighted by Gasteiger charge is -2.09. The van der Waals surface area contributed by atoms with Crippen LogP contribution in [0.2, 0.25) is 5.02 Å². The van der Waals surface area contributed by atoms with Gasteiger partial charge in [0, 0.05) is 10.2 Å². The van der Waals surface area contributed by atoms with E-state index in [1.807, 2.05) is 0 Å². The van der Waals surface area contributed by atoms with Gasteiger partial charge in [0.05, 0.1) is 11.6 Å². The highest BCUT2D eigenvalue weighted by Gasteiger charge is 2.11. The van der Waals surface area contributed by atoms with E-state index in [9.17, 15) is 13.6 Å². The third kappa shape index (κ3) is 4.15. The van der Waals surface area contributed by atoms with Crippen LogP contribution < -0.4 is 10.6 Å². The number of hydrogen-bond donors (Lipinski definition) is 2. The molecule has 0 bridgehead atoms. The first-order valence-corrected chi connectivity index (χ1v) is 7.07. The molecular formula is C14H10BrClF2N2O. The second-order valence-corrected chi connectivity index (χ2v) is 5.39. The molecule has 0 unspecified atom stereocenters. The number of amides is 1. The molecule has 1 amide bonds. The Kier molecular flexibility index (Phi) is 5.14. The van der Waals surface area contributed by atoms with Crippen LogP contribution >= 0.6 is 27.5 Å². The lowest BCUT2D eigenvalue weighted by molar-refractivity contribution is -0.114. The molecule has 3 nitrogen and oxygen atoms in total. The molecule has 0 aliphatic heterocycles. The minimum absolute atomic E-state index is 0.137. The number of carbonyl (C=O) groups is 1. The number of para-hydroxylation sites is 1. The van der Waals surface area contributed by atoms with E-state index in [-0.39, 0.29) is 6.54 Å². The zero-order valence-electron chi connectivity index (χ0n) is 10.6. The topological polar surface area (TPSA) is 41.1 Å². The van der Waals surface area contributed by atoms with Crippen LogP contribution in [0.3, 0.4) is 0 Å². The Bertz CT molecular complexity index is 662. The van der Waals surface area contributed by atoms with Gasteiger partial charge in [-0.2, -0.15) is 0 Å². The molecule has 2 aromatic rings. The molecule has 0 fully saturated rings. The Labute approximate surface area is 133 Å². The van der Waals surface area contributed by atoms with Crippen LogP contribution in [0.25, 0.3) is 0 Å². The quantitative estimate of drug-likeness (QED) is 0.830. The second-order valence-electron chi connectivity index (χ2n) is 4.13. The number of benzene rings is 2. The van der Waals surface area contributed by atoms with Gasteiger partial charge in [0.15, 0.2) is 0 Å². The van der Waals surface area contributed by atoms with Crippen LogP contribution in [0.4, 0.5) is 20.2 Å². The molecule has 0 aliphatic rings. The van der Waals surface area contributed by atoms with Gasteiger partial charge in [0.1, 0.15) is 17.3 Å². The highest BCUT2D eigenvalue weighted by Crippen LogP contribution is 2.25. The van der Waals surface area contributed by atoms with E-state index in [0.29, 0.717) is 15.2 Å². The fourth-order valence-electron chi connectivity index (χ4n) is 1.59. The summed E-state index contributed by atoms with van der Waals surface area (Å²) >= 11 is 9.10. The molecule has 0 radical (unpaired) electrons. The van der Waals surface area contributed by atoms with Gasteiger partial charge in [-0.15, -0.1) is 0 Å². The van der Waals surface area contributed by atoms with Crippen molar-refractivity contribution in [2.24, 2.45) is 0 Å². The molecule has 110 valence electrons. The first-order chi connectivity index (χ1) is 9.97. The summed E-state index contributed by atoms with van der Waals surface area (Å²) in [6.07, 6.45) is 0. The minimum Gasteiger partial charge on any atom is -0.376 e. The third-order valence-electron chi connectivity index (χ3n) is 2.60. The lowest BCUT2D eigenvalue weighted by Crippen LogP contribution is -2.23. The monoisotopic (exact) mass is 374 g/mol. The maximum atomic E-state index is 13.4. The largest absolute Gasteiger partial charge is 0.376 e. The van der Waals surface area contributed by atoms with Crippen molar-refractivity contribution in [3.05, 3.63) is 57.5 Å². The van der Waals surface area contributed by atoms with Crippen molar-refractivity contribution < 1.29 is 13.6 Å². The zero-order chi connectivity index (χ0) is 15.4. The molecule has 0 aliphatic carbocycles. The van der Waals surface area contributed by atoms with Crippen molar-refractivity contribution in [2.45, 2.75) is 0 Å². The van der Waals surface area contributed by atoms with Crippen LogP contribution in [-0.4, -0.2) is 12.5 Å². The van der Waals surface area contributed by atoms with E-state index in [2.05, 4.69) is 26.6 Å². The third-order valence-corrected chi connectivity index (χ3v) is 3.81. The second kappa shape index (κ2) is 6.87. The fraction of sp³-hybridized carbons (Fsp3) is 0.0714. The SMILES string of the molecule is O=C(CNc1ccc(Cl)c(Br)c1)Nc1c(F)cccc1F. The summed E-state index contributed by atoms with van der Waals surface area (Å²) in [6, 6.07) is 8.40. The summed E-state index contributed by atoms with van der Waals surface area (Å²) in [7, 11) is 0. The number of anilines is 2. The molecule has 2 N–H and O–H groups in total. The van der Waals surface area contributed by atoms with Crippen LogP contribution in [0, 0.1) is 11.6 Å². The van der Waals surface area contributed by atoms with Gasteiger partial charge in [-0.3, -0.25) is 4.79 Å². The lowest BCUT2D eigenvalue weighted by atomic mass is 10.3. The van der Waals surface area contributed by atoms with E-state index in [0.717, 1.165) is 12.1 Å². The van der Waals surface area contributed by atoms with Crippen molar-refractivity contribution in [1.82, 2.24) is 0 Å². The summed E-state index contributed by atoms with van der Waals surface area (Å²) < 4.78 is 27.4. The molecule has 0 atom stereocenters. The zero-order valence-corrected chi connectivity index (χ0v) is 12.9. The first kappa shape index (κ1) is 15.7. The van der Waals surface area contributed by atoms with Gasteiger partial charge in [-0.25, -0.2) is 8.78 Å². The molecule has 0 heterocycles. The number of rotatable bonds is 4. The Morgan fingerprint density at radius 3 is 2.48 bits per heavy atom. The van der Waals surface area contributed by atoms with Gasteiger partial charge < -0.3 is 10.6 Å². The van der Waals surface area contributed by atoms with Gasteiger partial charge in [-0.1, -0.05) is 17.7 Å². The molecule has 21 heavy (non-hydrogen) atoms. The highest BCUT2D eigenvalue weighted by molar-refractivity contribution is 9.10. The normalized spacial score (nSPS) is 10.3. The summed E-state index contributed by atoms with van der Waals surface area (Å²) in [4.78, 5) is 11.7. The van der Waals surface area contributed by atoms with E-state index < -0.39 is 23.2 Å². The summed E-state index contributed by atoms with van der Waals surface area (Å²) in [5.41, 5.74) is 0.192. The molecule has 7 heteroatoms. The first-order valence-electron chi connectivity index (χ1n) is 5.90. The number of nitrogens with one attached hydrogen (secondary N) is 2. The van der Waals surface area contributed by atoms with Gasteiger partial charge in [0.2, 0.25) is 5.91 Å². The van der Waals surface area contributed by atoms with E-state index >= 15 is 0 Å². The van der Waals surface area contributed by atoms with Gasteiger partial charge in [-0.05, 0) is 46.3 Å². The number of halogens is 4. The summed E-state index contributed by atoms with van der Waals surface area (Å²) in [5, 5.41) is 5.55. The van der Waals surface area contributed by atoms with E-state index in [1.54, 1.807) is 18.2 Å². The van der Waals surface area contributed by atoms with Crippen molar-refractivity contribution in [2.75, 3.05) is 17.2 Å². The van der Waals surface area contributed by atoms with E-state index in [4.69, 9.17) is 11.6 Å². The molecule has 0 saturated carbocycles. The van der Waals surface area contributed by atoms with Crippen LogP contribution in [-0.2, 0) is 4.79 Å². The Balaban J connectivity index is 1.97. The van der Waals surface area contributed by atoms with E-state index in [1.165, 1.54) is 6.07 Å². The standard InChI is InChI=1S/C14H10BrClF2N2O/c15-9-6-8(4-5-10(9)16)19-7-13(21)20-14-11(17)2-1-3-12(14)18/h1-6,19H,7H2,(H,20,21). The Morgan fingerprint density at radius 2 is 1.86 bits per heavy atom. The van der Waals surface area contributed by atoms with Crippen molar-refractivity contribution in [1.29, 1.82) is 0 Å². The van der Waals surface area contributed by atoms with Crippen LogP contribution in [0.5, 0.6) is 0 Å². The molecule has 0 saturated heterocycles. The minimum atomic E-state index is -0.822. The predicted molar refractivity (Wildman–Crippen MR) is 82.6 cm³/mol.